The van der Waals surface area contributed by atoms with Gasteiger partial charge in [0.05, 0.1) is 0 Å². The summed E-state index contributed by atoms with van der Waals surface area (Å²) in [4.78, 5) is 14.7. The monoisotopic (exact) mass is 394 g/mol. The van der Waals surface area contributed by atoms with Crippen molar-refractivity contribution >= 4 is 28.4 Å². The van der Waals surface area contributed by atoms with E-state index in [2.05, 4.69) is 59.1 Å². The molecule has 1 saturated heterocycles. The number of aromatic nitrogens is 1. The summed E-state index contributed by atoms with van der Waals surface area (Å²) in [6.45, 7) is 1.72. The Hall–Kier alpha value is -2.26. The molecule has 1 amide bonds. The van der Waals surface area contributed by atoms with Crippen molar-refractivity contribution in [2.75, 3.05) is 13.1 Å². The largest absolute Gasteiger partial charge is 0.350 e. The smallest absolute Gasteiger partial charge is 0.222 e. The van der Waals surface area contributed by atoms with Gasteiger partial charge in [-0.2, -0.15) is 0 Å². The van der Waals surface area contributed by atoms with Crippen LogP contribution < -0.4 is 0 Å². The highest BCUT2D eigenvalue weighted by molar-refractivity contribution is 6.30. The molecule has 0 aliphatic carbocycles. The zero-order chi connectivity index (χ0) is 19.5. The molecule has 3 aromatic rings. The van der Waals surface area contributed by atoms with Crippen LogP contribution in [0, 0.1) is 0 Å². The van der Waals surface area contributed by atoms with Crippen LogP contribution >= 0.6 is 11.6 Å². The molecule has 2 aromatic carbocycles. The lowest BCUT2D eigenvalue weighted by Crippen LogP contribution is -2.37. The van der Waals surface area contributed by atoms with Crippen molar-refractivity contribution in [1.82, 2.24) is 9.47 Å². The average molecular weight is 395 g/mol. The van der Waals surface area contributed by atoms with Gasteiger partial charge in [0.15, 0.2) is 0 Å². The topological polar surface area (TPSA) is 25.2 Å². The molecule has 4 rings (SSSR count). The predicted molar refractivity (Wildman–Crippen MR) is 116 cm³/mol. The Balaban J connectivity index is 1.27. The number of rotatable bonds is 5. The molecule has 1 aliphatic heterocycles. The van der Waals surface area contributed by atoms with Crippen molar-refractivity contribution in [2.24, 2.45) is 7.05 Å². The quantitative estimate of drug-likeness (QED) is 0.556. The Morgan fingerprint density at radius 2 is 1.79 bits per heavy atom. The first kappa shape index (κ1) is 19.1. The molecule has 0 unspecified atom stereocenters. The molecule has 0 saturated carbocycles. The third-order valence-electron chi connectivity index (χ3n) is 6.01. The summed E-state index contributed by atoms with van der Waals surface area (Å²) in [6, 6.07) is 16.6. The number of nitrogens with zero attached hydrogens (tertiary/aromatic N) is 2. The third-order valence-corrected chi connectivity index (χ3v) is 6.26. The Kier molecular flexibility index (Phi) is 5.72. The normalized spacial score (nSPS) is 15.3. The van der Waals surface area contributed by atoms with E-state index in [1.807, 2.05) is 12.1 Å². The molecule has 1 aromatic heterocycles. The van der Waals surface area contributed by atoms with E-state index in [-0.39, 0.29) is 0 Å². The summed E-state index contributed by atoms with van der Waals surface area (Å²) >= 11 is 5.99. The minimum Gasteiger partial charge on any atom is -0.350 e. The summed E-state index contributed by atoms with van der Waals surface area (Å²) in [5, 5.41) is 2.09. The van der Waals surface area contributed by atoms with Gasteiger partial charge in [0.2, 0.25) is 5.91 Å². The fourth-order valence-electron chi connectivity index (χ4n) is 4.41. The van der Waals surface area contributed by atoms with Crippen LogP contribution in [0.1, 0.15) is 42.7 Å². The first-order valence-electron chi connectivity index (χ1n) is 10.2. The molecule has 0 bridgehead atoms. The van der Waals surface area contributed by atoms with Crippen molar-refractivity contribution in [1.29, 1.82) is 0 Å². The van der Waals surface area contributed by atoms with Crippen LogP contribution in [0.15, 0.2) is 54.7 Å². The molecule has 3 nitrogen and oxygen atoms in total. The van der Waals surface area contributed by atoms with E-state index in [0.29, 0.717) is 18.2 Å². The Morgan fingerprint density at radius 3 is 2.54 bits per heavy atom. The number of amides is 1. The lowest BCUT2D eigenvalue weighted by Gasteiger charge is -2.32. The maximum Gasteiger partial charge on any atom is 0.222 e. The van der Waals surface area contributed by atoms with E-state index >= 15 is 0 Å². The van der Waals surface area contributed by atoms with Gasteiger partial charge in [0, 0.05) is 48.7 Å². The average Bonchev–Trinajstić information content (AvgIpc) is 3.05. The Bertz CT molecular complexity index is 952. The number of halogens is 1. The van der Waals surface area contributed by atoms with Crippen molar-refractivity contribution < 1.29 is 4.79 Å². The number of aryl methyl sites for hydroxylation is 2. The first-order valence-corrected chi connectivity index (χ1v) is 10.6. The second-order valence-electron chi connectivity index (χ2n) is 7.84. The summed E-state index contributed by atoms with van der Waals surface area (Å²) in [5.41, 5.74) is 3.94. The maximum atomic E-state index is 12.6. The number of fused-ring (bicyclic) bond motifs is 1. The predicted octanol–water partition coefficient (Wildman–Crippen LogP) is 5.56. The Morgan fingerprint density at radius 1 is 1.07 bits per heavy atom. The molecule has 2 heterocycles. The SMILES string of the molecule is Cn1cc(CCCC(=O)N2CCC(c3ccc(Cl)cc3)CC2)c2ccccc21. The van der Waals surface area contributed by atoms with Gasteiger partial charge in [-0.3, -0.25) is 4.79 Å². The Labute approximate surface area is 171 Å². The number of carbonyl (C=O) groups is 1. The lowest BCUT2D eigenvalue weighted by molar-refractivity contribution is -0.132. The highest BCUT2D eigenvalue weighted by Gasteiger charge is 2.23. The van der Waals surface area contributed by atoms with Gasteiger partial charge in [0.25, 0.3) is 0 Å². The zero-order valence-electron chi connectivity index (χ0n) is 16.4. The number of hydrogen-bond donors (Lipinski definition) is 0. The molecule has 4 heteroatoms. The number of piperidine rings is 1. The van der Waals surface area contributed by atoms with Crippen molar-refractivity contribution in [3.8, 4) is 0 Å². The fraction of sp³-hybridized carbons (Fsp3) is 0.375. The van der Waals surface area contributed by atoms with E-state index in [9.17, 15) is 4.79 Å². The van der Waals surface area contributed by atoms with E-state index < -0.39 is 0 Å². The van der Waals surface area contributed by atoms with Gasteiger partial charge in [-0.1, -0.05) is 41.9 Å². The molecule has 0 spiro atoms. The molecule has 1 aliphatic rings. The van der Waals surface area contributed by atoms with Crippen LogP contribution in [0.5, 0.6) is 0 Å². The summed E-state index contributed by atoms with van der Waals surface area (Å²) < 4.78 is 2.17. The molecule has 146 valence electrons. The molecular weight excluding hydrogens is 368 g/mol. The van der Waals surface area contributed by atoms with Crippen LogP contribution in [0.25, 0.3) is 10.9 Å². The number of benzene rings is 2. The second kappa shape index (κ2) is 8.40. The summed E-state index contributed by atoms with van der Waals surface area (Å²) in [6.07, 6.45) is 6.77. The van der Waals surface area contributed by atoms with Crippen LogP contribution in [0.3, 0.4) is 0 Å². The summed E-state index contributed by atoms with van der Waals surface area (Å²) in [5.74, 6) is 0.840. The highest BCUT2D eigenvalue weighted by Crippen LogP contribution is 2.29. The van der Waals surface area contributed by atoms with Crippen LogP contribution in [-0.2, 0) is 18.3 Å². The second-order valence-corrected chi connectivity index (χ2v) is 8.28. The third kappa shape index (κ3) is 4.10. The van der Waals surface area contributed by atoms with Crippen LogP contribution in [0.4, 0.5) is 0 Å². The molecule has 0 N–H and O–H groups in total. The first-order chi connectivity index (χ1) is 13.6. The van der Waals surface area contributed by atoms with E-state index in [1.165, 1.54) is 22.0 Å². The van der Waals surface area contributed by atoms with E-state index in [4.69, 9.17) is 11.6 Å². The van der Waals surface area contributed by atoms with E-state index in [0.717, 1.165) is 43.8 Å². The molecular formula is C24H27ClN2O. The van der Waals surface area contributed by atoms with Crippen LogP contribution in [0.2, 0.25) is 5.02 Å². The number of carbonyl (C=O) groups excluding carboxylic acids is 1. The fourth-order valence-corrected chi connectivity index (χ4v) is 4.54. The molecule has 28 heavy (non-hydrogen) atoms. The molecule has 0 atom stereocenters. The minimum atomic E-state index is 0.301. The van der Waals surface area contributed by atoms with E-state index in [1.54, 1.807) is 0 Å². The van der Waals surface area contributed by atoms with Gasteiger partial charge < -0.3 is 9.47 Å². The van der Waals surface area contributed by atoms with Crippen molar-refractivity contribution in [3.05, 3.63) is 70.9 Å². The van der Waals surface area contributed by atoms with Gasteiger partial charge >= 0.3 is 0 Å². The molecule has 0 radical (unpaired) electrons. The van der Waals surface area contributed by atoms with Crippen molar-refractivity contribution in [3.63, 3.8) is 0 Å². The zero-order valence-corrected chi connectivity index (χ0v) is 17.2. The van der Waals surface area contributed by atoms with Crippen molar-refractivity contribution in [2.45, 2.75) is 38.0 Å². The van der Waals surface area contributed by atoms with Gasteiger partial charge in [0.1, 0.15) is 0 Å². The van der Waals surface area contributed by atoms with Gasteiger partial charge in [-0.05, 0) is 60.9 Å². The highest BCUT2D eigenvalue weighted by atomic mass is 35.5. The number of hydrogen-bond acceptors (Lipinski definition) is 1. The molecule has 1 fully saturated rings. The van der Waals surface area contributed by atoms with Gasteiger partial charge in [-0.15, -0.1) is 0 Å². The number of para-hydroxylation sites is 1. The number of likely N-dealkylation sites (tertiary alicyclic amines) is 1. The standard InChI is InChI=1S/C24H27ClN2O/c1-26-17-20(22-6-2-3-7-23(22)26)5-4-8-24(28)27-15-13-19(14-16-27)18-9-11-21(25)12-10-18/h2-3,6-7,9-12,17,19H,4-5,8,13-16H2,1H3. The lowest BCUT2D eigenvalue weighted by atomic mass is 9.89. The minimum absolute atomic E-state index is 0.301. The van der Waals surface area contributed by atoms with Gasteiger partial charge in [-0.25, -0.2) is 0 Å². The summed E-state index contributed by atoms with van der Waals surface area (Å²) in [7, 11) is 2.09. The van der Waals surface area contributed by atoms with Crippen LogP contribution in [-0.4, -0.2) is 28.5 Å². The maximum absolute atomic E-state index is 12.6.